The van der Waals surface area contributed by atoms with Gasteiger partial charge in [0.15, 0.2) is 0 Å². The summed E-state index contributed by atoms with van der Waals surface area (Å²) < 4.78 is 10.4. The van der Waals surface area contributed by atoms with E-state index in [1.807, 2.05) is 51.1 Å². The Morgan fingerprint density at radius 2 is 1.76 bits per heavy atom. The molecule has 1 aromatic rings. The molecule has 0 aliphatic heterocycles. The number of esters is 2. The van der Waals surface area contributed by atoms with Gasteiger partial charge in [0, 0.05) is 6.42 Å². The molecule has 0 spiro atoms. The highest BCUT2D eigenvalue weighted by atomic mass is 16.6. The third-order valence-corrected chi connectivity index (χ3v) is 2.84. The van der Waals surface area contributed by atoms with E-state index in [2.05, 4.69) is 0 Å². The van der Waals surface area contributed by atoms with Crippen LogP contribution in [0.15, 0.2) is 30.3 Å². The first-order valence-corrected chi connectivity index (χ1v) is 7.27. The van der Waals surface area contributed by atoms with Crippen molar-refractivity contribution in [3.05, 3.63) is 35.9 Å². The van der Waals surface area contributed by atoms with Gasteiger partial charge in [-0.2, -0.15) is 0 Å². The largest absolute Gasteiger partial charge is 0.466 e. The molecule has 1 atom stereocenters. The molecule has 4 heteroatoms. The molecule has 0 saturated carbocycles. The zero-order valence-corrected chi connectivity index (χ0v) is 13.2. The van der Waals surface area contributed by atoms with Crippen LogP contribution in [0.2, 0.25) is 0 Å². The first-order valence-electron chi connectivity index (χ1n) is 7.27. The van der Waals surface area contributed by atoms with Crippen LogP contribution in [0.3, 0.4) is 0 Å². The predicted molar refractivity (Wildman–Crippen MR) is 80.9 cm³/mol. The molecule has 0 radical (unpaired) electrons. The van der Waals surface area contributed by atoms with E-state index in [1.54, 1.807) is 6.92 Å². The van der Waals surface area contributed by atoms with Gasteiger partial charge in [0.1, 0.15) is 5.60 Å². The number of ether oxygens (including phenoxy) is 2. The molecule has 21 heavy (non-hydrogen) atoms. The molecular weight excluding hydrogens is 268 g/mol. The SMILES string of the molecule is CCOC(=O)CCC(C(=O)OC(C)(C)C)c1ccccc1. The van der Waals surface area contributed by atoms with E-state index in [-0.39, 0.29) is 18.4 Å². The quantitative estimate of drug-likeness (QED) is 0.753. The molecule has 0 aliphatic rings. The first kappa shape index (κ1) is 17.2. The van der Waals surface area contributed by atoms with Crippen LogP contribution in [-0.2, 0) is 19.1 Å². The van der Waals surface area contributed by atoms with E-state index in [0.717, 1.165) is 5.56 Å². The number of rotatable bonds is 6. The Hall–Kier alpha value is -1.84. The topological polar surface area (TPSA) is 52.6 Å². The summed E-state index contributed by atoms with van der Waals surface area (Å²) in [5.74, 6) is -1.05. The van der Waals surface area contributed by atoms with Crippen molar-refractivity contribution in [1.29, 1.82) is 0 Å². The van der Waals surface area contributed by atoms with Gasteiger partial charge < -0.3 is 9.47 Å². The van der Waals surface area contributed by atoms with Gasteiger partial charge in [-0.1, -0.05) is 30.3 Å². The molecule has 116 valence electrons. The summed E-state index contributed by atoms with van der Waals surface area (Å²) in [7, 11) is 0. The average molecular weight is 292 g/mol. The van der Waals surface area contributed by atoms with E-state index < -0.39 is 11.5 Å². The van der Waals surface area contributed by atoms with Crippen molar-refractivity contribution in [2.24, 2.45) is 0 Å². The Morgan fingerprint density at radius 1 is 1.14 bits per heavy atom. The minimum Gasteiger partial charge on any atom is -0.466 e. The number of hydrogen-bond donors (Lipinski definition) is 0. The molecule has 4 nitrogen and oxygen atoms in total. The van der Waals surface area contributed by atoms with Crippen molar-refractivity contribution < 1.29 is 19.1 Å². The van der Waals surface area contributed by atoms with Crippen LogP contribution in [-0.4, -0.2) is 24.1 Å². The van der Waals surface area contributed by atoms with Gasteiger partial charge in [0.2, 0.25) is 0 Å². The average Bonchev–Trinajstić information content (AvgIpc) is 2.38. The molecule has 0 fully saturated rings. The molecule has 0 saturated heterocycles. The van der Waals surface area contributed by atoms with Crippen LogP contribution in [0, 0.1) is 0 Å². The molecular formula is C17H24O4. The van der Waals surface area contributed by atoms with Crippen molar-refractivity contribution in [2.75, 3.05) is 6.61 Å². The monoisotopic (exact) mass is 292 g/mol. The second kappa shape index (κ2) is 7.81. The smallest absolute Gasteiger partial charge is 0.313 e. The number of carbonyl (C=O) groups excluding carboxylic acids is 2. The Bertz CT molecular complexity index is 459. The number of benzene rings is 1. The van der Waals surface area contributed by atoms with Gasteiger partial charge in [0.25, 0.3) is 0 Å². The van der Waals surface area contributed by atoms with Crippen LogP contribution in [0.1, 0.15) is 52.0 Å². The van der Waals surface area contributed by atoms with Gasteiger partial charge in [0.05, 0.1) is 12.5 Å². The lowest BCUT2D eigenvalue weighted by atomic mass is 9.94. The Morgan fingerprint density at radius 3 is 2.29 bits per heavy atom. The van der Waals surface area contributed by atoms with Crippen LogP contribution in [0.25, 0.3) is 0 Å². The third-order valence-electron chi connectivity index (χ3n) is 2.84. The third kappa shape index (κ3) is 6.43. The van der Waals surface area contributed by atoms with E-state index in [0.29, 0.717) is 13.0 Å². The summed E-state index contributed by atoms with van der Waals surface area (Å²) in [5, 5.41) is 0. The summed E-state index contributed by atoms with van der Waals surface area (Å²) >= 11 is 0. The normalized spacial score (nSPS) is 12.6. The highest BCUT2D eigenvalue weighted by molar-refractivity contribution is 5.79. The lowest BCUT2D eigenvalue weighted by Gasteiger charge is -2.24. The minimum absolute atomic E-state index is 0.201. The van der Waals surface area contributed by atoms with Gasteiger partial charge in [-0.25, -0.2) is 0 Å². The fourth-order valence-electron chi connectivity index (χ4n) is 1.97. The summed E-state index contributed by atoms with van der Waals surface area (Å²) in [6.45, 7) is 7.61. The van der Waals surface area contributed by atoms with E-state index in [1.165, 1.54) is 0 Å². The van der Waals surface area contributed by atoms with Gasteiger partial charge in [-0.05, 0) is 39.7 Å². The minimum atomic E-state index is -0.548. The van der Waals surface area contributed by atoms with E-state index in [9.17, 15) is 9.59 Å². The van der Waals surface area contributed by atoms with Crippen LogP contribution < -0.4 is 0 Å². The molecule has 0 N–H and O–H groups in total. The van der Waals surface area contributed by atoms with Crippen LogP contribution >= 0.6 is 0 Å². The first-order chi connectivity index (χ1) is 9.83. The van der Waals surface area contributed by atoms with Gasteiger partial charge in [-0.3, -0.25) is 9.59 Å². The zero-order chi connectivity index (χ0) is 15.9. The predicted octanol–water partition coefficient (Wildman–Crippen LogP) is 3.46. The Kier molecular flexibility index (Phi) is 6.40. The maximum atomic E-state index is 12.4. The number of hydrogen-bond acceptors (Lipinski definition) is 4. The summed E-state index contributed by atoms with van der Waals surface area (Å²) in [6.07, 6.45) is 0.588. The maximum Gasteiger partial charge on any atom is 0.313 e. The maximum absolute atomic E-state index is 12.4. The van der Waals surface area contributed by atoms with Gasteiger partial charge >= 0.3 is 11.9 Å². The van der Waals surface area contributed by atoms with Crippen molar-refractivity contribution in [1.82, 2.24) is 0 Å². The summed E-state index contributed by atoms with van der Waals surface area (Å²) in [4.78, 5) is 23.9. The summed E-state index contributed by atoms with van der Waals surface area (Å²) in [5.41, 5.74) is 0.310. The lowest BCUT2D eigenvalue weighted by molar-refractivity contribution is -0.157. The lowest BCUT2D eigenvalue weighted by Crippen LogP contribution is -2.28. The highest BCUT2D eigenvalue weighted by Crippen LogP contribution is 2.25. The van der Waals surface area contributed by atoms with Gasteiger partial charge in [-0.15, -0.1) is 0 Å². The molecule has 1 unspecified atom stereocenters. The standard InChI is InChI=1S/C17H24O4/c1-5-20-15(18)12-11-14(13-9-7-6-8-10-13)16(19)21-17(2,3)4/h6-10,14H,5,11-12H2,1-4H3. The summed E-state index contributed by atoms with van der Waals surface area (Å²) in [6, 6.07) is 9.38. The van der Waals surface area contributed by atoms with Crippen LogP contribution in [0.4, 0.5) is 0 Å². The molecule has 0 amide bonds. The van der Waals surface area contributed by atoms with Crippen molar-refractivity contribution >= 4 is 11.9 Å². The Labute approximate surface area is 126 Å². The highest BCUT2D eigenvalue weighted by Gasteiger charge is 2.27. The molecule has 0 heterocycles. The molecule has 0 bridgehead atoms. The number of carbonyl (C=O) groups is 2. The second-order valence-corrected chi connectivity index (χ2v) is 5.84. The van der Waals surface area contributed by atoms with Crippen molar-refractivity contribution in [3.63, 3.8) is 0 Å². The van der Waals surface area contributed by atoms with Crippen LogP contribution in [0.5, 0.6) is 0 Å². The van der Waals surface area contributed by atoms with Crippen molar-refractivity contribution in [2.45, 2.75) is 52.1 Å². The second-order valence-electron chi connectivity index (χ2n) is 5.84. The Balaban J connectivity index is 2.80. The fraction of sp³-hybridized carbons (Fsp3) is 0.529. The van der Waals surface area contributed by atoms with E-state index >= 15 is 0 Å². The molecule has 1 rings (SSSR count). The van der Waals surface area contributed by atoms with Crippen molar-refractivity contribution in [3.8, 4) is 0 Å². The fourth-order valence-corrected chi connectivity index (χ4v) is 1.97. The molecule has 1 aromatic carbocycles. The molecule has 0 aliphatic carbocycles. The molecule has 0 aromatic heterocycles. The van der Waals surface area contributed by atoms with E-state index in [4.69, 9.17) is 9.47 Å². The zero-order valence-electron chi connectivity index (χ0n) is 13.2.